The second-order valence-electron chi connectivity index (χ2n) is 7.01. The number of hydrogen-bond acceptors (Lipinski definition) is 6. The van der Waals surface area contributed by atoms with Crippen molar-refractivity contribution in [1.29, 1.82) is 0 Å². The van der Waals surface area contributed by atoms with E-state index >= 15 is 0 Å². The van der Waals surface area contributed by atoms with Crippen molar-refractivity contribution in [3.63, 3.8) is 0 Å². The third-order valence-corrected chi connectivity index (χ3v) is 5.42. The summed E-state index contributed by atoms with van der Waals surface area (Å²) in [5.41, 5.74) is 1.58. The standard InChI is InChI=1S/C21H20Cl2N6O/c1-14-4-5-24-18(10-14)27-19-12-20(26-13-25-19)28-6-8-29(9-7-28)21(30)16-3-2-15(22)11-17(16)23/h2-5,10-13H,6-9H2,1H3,(H,24,25,26,27). The lowest BCUT2D eigenvalue weighted by atomic mass is 10.1. The lowest BCUT2D eigenvalue weighted by molar-refractivity contribution is 0.0746. The molecule has 1 aliphatic heterocycles. The molecule has 0 atom stereocenters. The summed E-state index contributed by atoms with van der Waals surface area (Å²) in [5, 5.41) is 4.08. The molecule has 1 aromatic carbocycles. The number of aryl methyl sites for hydroxylation is 1. The number of nitrogens with zero attached hydrogens (tertiary/aromatic N) is 5. The van der Waals surface area contributed by atoms with E-state index in [0.29, 0.717) is 47.6 Å². The highest BCUT2D eigenvalue weighted by atomic mass is 35.5. The van der Waals surface area contributed by atoms with Crippen molar-refractivity contribution in [2.24, 2.45) is 0 Å². The van der Waals surface area contributed by atoms with Gasteiger partial charge in [-0.05, 0) is 42.8 Å². The summed E-state index contributed by atoms with van der Waals surface area (Å²) in [6.45, 7) is 4.48. The molecular weight excluding hydrogens is 423 g/mol. The Morgan fingerprint density at radius 2 is 1.73 bits per heavy atom. The number of nitrogens with one attached hydrogen (secondary N) is 1. The molecule has 1 fully saturated rings. The largest absolute Gasteiger partial charge is 0.353 e. The zero-order chi connectivity index (χ0) is 21.1. The summed E-state index contributed by atoms with van der Waals surface area (Å²) >= 11 is 12.1. The summed E-state index contributed by atoms with van der Waals surface area (Å²) in [6, 6.07) is 10.7. The Morgan fingerprint density at radius 1 is 0.967 bits per heavy atom. The quantitative estimate of drug-likeness (QED) is 0.652. The molecule has 1 N–H and O–H groups in total. The van der Waals surface area contributed by atoms with Gasteiger partial charge in [0.1, 0.15) is 23.8 Å². The Balaban J connectivity index is 1.41. The van der Waals surface area contributed by atoms with Crippen LogP contribution in [-0.2, 0) is 0 Å². The molecule has 0 unspecified atom stereocenters. The topological polar surface area (TPSA) is 74.2 Å². The van der Waals surface area contributed by atoms with Gasteiger partial charge < -0.3 is 15.1 Å². The third kappa shape index (κ3) is 4.63. The zero-order valence-electron chi connectivity index (χ0n) is 16.3. The summed E-state index contributed by atoms with van der Waals surface area (Å²) in [5.74, 6) is 2.11. The first-order valence-electron chi connectivity index (χ1n) is 9.50. The van der Waals surface area contributed by atoms with Gasteiger partial charge in [0.05, 0.1) is 10.6 Å². The number of halogens is 2. The van der Waals surface area contributed by atoms with Crippen LogP contribution in [0.3, 0.4) is 0 Å². The minimum Gasteiger partial charge on any atom is -0.353 e. The molecule has 2 aromatic heterocycles. The molecule has 30 heavy (non-hydrogen) atoms. The molecule has 0 bridgehead atoms. The van der Waals surface area contributed by atoms with Crippen molar-refractivity contribution in [3.8, 4) is 0 Å². The molecule has 1 saturated heterocycles. The molecular formula is C21H20Cl2N6O. The Morgan fingerprint density at radius 3 is 2.47 bits per heavy atom. The molecule has 3 heterocycles. The highest BCUT2D eigenvalue weighted by molar-refractivity contribution is 6.36. The van der Waals surface area contributed by atoms with E-state index in [1.165, 1.54) is 6.33 Å². The number of benzene rings is 1. The van der Waals surface area contributed by atoms with Gasteiger partial charge >= 0.3 is 0 Å². The summed E-state index contributed by atoms with van der Waals surface area (Å²) in [4.78, 5) is 29.7. The SMILES string of the molecule is Cc1ccnc(Nc2cc(N3CCN(C(=O)c4ccc(Cl)cc4Cl)CC3)ncn2)c1. The molecule has 0 radical (unpaired) electrons. The Labute approximate surface area is 184 Å². The van der Waals surface area contributed by atoms with Crippen molar-refractivity contribution < 1.29 is 4.79 Å². The van der Waals surface area contributed by atoms with Crippen LogP contribution in [-0.4, -0.2) is 51.9 Å². The number of pyridine rings is 1. The van der Waals surface area contributed by atoms with Crippen LogP contribution in [0, 0.1) is 6.92 Å². The van der Waals surface area contributed by atoms with E-state index in [0.717, 1.165) is 17.2 Å². The first-order chi connectivity index (χ1) is 14.5. The van der Waals surface area contributed by atoms with Gasteiger partial charge in [0.15, 0.2) is 0 Å². The average Bonchev–Trinajstić information content (AvgIpc) is 2.74. The van der Waals surface area contributed by atoms with Crippen LogP contribution in [0.1, 0.15) is 15.9 Å². The van der Waals surface area contributed by atoms with Crippen LogP contribution >= 0.6 is 23.2 Å². The number of amides is 1. The Bertz CT molecular complexity index is 1070. The molecule has 0 aliphatic carbocycles. The normalized spacial score (nSPS) is 14.0. The van der Waals surface area contributed by atoms with Gasteiger partial charge in [-0.2, -0.15) is 0 Å². The van der Waals surface area contributed by atoms with Crippen molar-refractivity contribution in [3.05, 3.63) is 70.1 Å². The fourth-order valence-electron chi connectivity index (χ4n) is 3.30. The van der Waals surface area contributed by atoms with Crippen LogP contribution in [0.4, 0.5) is 17.5 Å². The maximum absolute atomic E-state index is 12.8. The minimum atomic E-state index is -0.0909. The molecule has 154 valence electrons. The number of hydrogen-bond donors (Lipinski definition) is 1. The smallest absolute Gasteiger partial charge is 0.255 e. The zero-order valence-corrected chi connectivity index (χ0v) is 17.9. The van der Waals surface area contributed by atoms with Gasteiger partial charge in [-0.15, -0.1) is 0 Å². The molecule has 4 rings (SSSR count). The molecule has 0 spiro atoms. The van der Waals surface area contributed by atoms with E-state index in [1.54, 1.807) is 29.3 Å². The minimum absolute atomic E-state index is 0.0909. The maximum Gasteiger partial charge on any atom is 0.255 e. The van der Waals surface area contributed by atoms with Crippen LogP contribution in [0.2, 0.25) is 10.0 Å². The van der Waals surface area contributed by atoms with Crippen molar-refractivity contribution in [1.82, 2.24) is 19.9 Å². The van der Waals surface area contributed by atoms with Gasteiger partial charge in [0.25, 0.3) is 5.91 Å². The number of anilines is 3. The predicted molar refractivity (Wildman–Crippen MR) is 119 cm³/mol. The van der Waals surface area contributed by atoms with E-state index in [2.05, 4.69) is 25.2 Å². The fourth-order valence-corrected chi connectivity index (χ4v) is 3.79. The number of rotatable bonds is 4. The second kappa shape index (κ2) is 8.85. The van der Waals surface area contributed by atoms with Gasteiger partial charge in [-0.25, -0.2) is 15.0 Å². The van der Waals surface area contributed by atoms with Gasteiger partial charge in [-0.1, -0.05) is 23.2 Å². The molecule has 7 nitrogen and oxygen atoms in total. The maximum atomic E-state index is 12.8. The van der Waals surface area contributed by atoms with Gasteiger partial charge in [0.2, 0.25) is 0 Å². The van der Waals surface area contributed by atoms with Crippen molar-refractivity contribution in [2.45, 2.75) is 6.92 Å². The van der Waals surface area contributed by atoms with Gasteiger partial charge in [-0.3, -0.25) is 4.79 Å². The lowest BCUT2D eigenvalue weighted by Crippen LogP contribution is -2.49. The van der Waals surface area contributed by atoms with E-state index < -0.39 is 0 Å². The molecule has 3 aromatic rings. The number of piperazine rings is 1. The third-order valence-electron chi connectivity index (χ3n) is 4.88. The van der Waals surface area contributed by atoms with Crippen LogP contribution < -0.4 is 10.2 Å². The monoisotopic (exact) mass is 442 g/mol. The van der Waals surface area contributed by atoms with Crippen molar-refractivity contribution >= 4 is 46.6 Å². The Hall–Kier alpha value is -2.90. The number of carbonyl (C=O) groups is 1. The first kappa shape index (κ1) is 20.4. The summed E-state index contributed by atoms with van der Waals surface area (Å²) < 4.78 is 0. The number of aromatic nitrogens is 3. The van der Waals surface area contributed by atoms with Crippen LogP contribution in [0.25, 0.3) is 0 Å². The second-order valence-corrected chi connectivity index (χ2v) is 7.85. The van der Waals surface area contributed by atoms with Crippen LogP contribution in [0.15, 0.2) is 48.9 Å². The Kier molecular flexibility index (Phi) is 6.01. The highest BCUT2D eigenvalue weighted by Gasteiger charge is 2.24. The predicted octanol–water partition coefficient (Wildman–Crippen LogP) is 4.19. The van der Waals surface area contributed by atoms with E-state index in [9.17, 15) is 4.79 Å². The lowest BCUT2D eigenvalue weighted by Gasteiger charge is -2.35. The van der Waals surface area contributed by atoms with Crippen LogP contribution in [0.5, 0.6) is 0 Å². The first-order valence-corrected chi connectivity index (χ1v) is 10.3. The molecule has 9 heteroatoms. The van der Waals surface area contributed by atoms with E-state index in [4.69, 9.17) is 23.2 Å². The van der Waals surface area contributed by atoms with Crippen molar-refractivity contribution in [2.75, 3.05) is 36.4 Å². The fraction of sp³-hybridized carbons (Fsp3) is 0.238. The molecule has 0 saturated carbocycles. The average molecular weight is 443 g/mol. The highest BCUT2D eigenvalue weighted by Crippen LogP contribution is 2.24. The molecule has 1 aliphatic rings. The van der Waals surface area contributed by atoms with E-state index in [-0.39, 0.29) is 5.91 Å². The number of carbonyl (C=O) groups excluding carboxylic acids is 1. The summed E-state index contributed by atoms with van der Waals surface area (Å²) in [6.07, 6.45) is 3.28. The van der Waals surface area contributed by atoms with E-state index in [1.807, 2.05) is 25.1 Å². The molecule has 1 amide bonds. The van der Waals surface area contributed by atoms with Gasteiger partial charge in [0, 0.05) is 43.5 Å². The summed E-state index contributed by atoms with van der Waals surface area (Å²) in [7, 11) is 0.